The molecule has 3 N–H and O–H groups in total. The molecule has 0 spiro atoms. The quantitative estimate of drug-likeness (QED) is 0.150. The van der Waals surface area contributed by atoms with Crippen molar-refractivity contribution in [1.82, 2.24) is 9.88 Å². The van der Waals surface area contributed by atoms with E-state index in [0.29, 0.717) is 24.8 Å². The number of carbonyl (C=O) groups is 2. The number of phenols is 1. The number of allylic oxidation sites excluding steroid dienone is 1. The van der Waals surface area contributed by atoms with Crippen LogP contribution >= 0.6 is 11.3 Å². The molecule has 0 bridgehead atoms. The number of aromatic hydroxyl groups is 1. The van der Waals surface area contributed by atoms with E-state index in [0.717, 1.165) is 38.1 Å². The second-order valence-corrected chi connectivity index (χ2v) is 12.7. The van der Waals surface area contributed by atoms with Gasteiger partial charge in [0.05, 0.1) is 43.4 Å². The maximum atomic E-state index is 13.7. The van der Waals surface area contributed by atoms with Crippen LogP contribution in [0.15, 0.2) is 89.5 Å². The van der Waals surface area contributed by atoms with Crippen molar-refractivity contribution in [3.05, 3.63) is 106 Å². The second kappa shape index (κ2) is 13.5. The lowest BCUT2D eigenvalue weighted by molar-refractivity contribution is -0.140. The first-order valence-electron chi connectivity index (χ1n) is 15.1. The molecule has 232 valence electrons. The van der Waals surface area contributed by atoms with Crippen molar-refractivity contribution in [1.29, 1.82) is 0 Å². The molecule has 0 saturated carbocycles. The number of fused-ring (bicyclic) bond motifs is 2. The van der Waals surface area contributed by atoms with Gasteiger partial charge in [-0.2, -0.15) is 0 Å². The molecule has 2 aromatic carbocycles. The fourth-order valence-corrected chi connectivity index (χ4v) is 7.63. The van der Waals surface area contributed by atoms with Gasteiger partial charge in [0.1, 0.15) is 5.75 Å². The zero-order valence-corrected chi connectivity index (χ0v) is 25.8. The number of imide groups is 1. The normalized spacial score (nSPS) is 21.1. The summed E-state index contributed by atoms with van der Waals surface area (Å²) in [5, 5.41) is 36.4. The van der Waals surface area contributed by atoms with E-state index in [9.17, 15) is 24.9 Å². The van der Waals surface area contributed by atoms with Gasteiger partial charge in [0, 0.05) is 29.5 Å². The van der Waals surface area contributed by atoms with Crippen LogP contribution < -0.4 is 0 Å². The smallest absolute Gasteiger partial charge is 0.234 e. The number of likely N-dealkylation sites (tertiary alicyclic amines) is 1. The fraction of sp³-hybridized carbons (Fsp3) is 0.306. The minimum absolute atomic E-state index is 0.195. The largest absolute Gasteiger partial charge is 0.507 e. The maximum Gasteiger partial charge on any atom is 0.234 e. The van der Waals surface area contributed by atoms with Crippen LogP contribution in [0.25, 0.3) is 22.4 Å². The van der Waals surface area contributed by atoms with Crippen LogP contribution in [0.1, 0.15) is 35.4 Å². The Kier molecular flexibility index (Phi) is 9.23. The highest BCUT2D eigenvalue weighted by atomic mass is 32.1. The van der Waals surface area contributed by atoms with E-state index in [2.05, 4.69) is 4.98 Å². The van der Waals surface area contributed by atoms with Crippen molar-refractivity contribution >= 4 is 45.6 Å². The first kappa shape index (κ1) is 30.9. The SMILES string of the molecule is COCC1=C([C@H](O)CC/C(=C/c2ccc(O)c3ccccc23)c2ccccn2)[C@H](CO)[C@@H]2C(=O)N(Cc3cccs3)C(=O)[C@@H]2C1. The van der Waals surface area contributed by atoms with Crippen molar-refractivity contribution in [3.8, 4) is 5.75 Å². The molecule has 0 radical (unpaired) electrons. The number of pyridine rings is 1. The average Bonchev–Trinajstić information content (AvgIpc) is 3.66. The number of methoxy groups -OCH3 is 1. The van der Waals surface area contributed by atoms with Crippen LogP contribution in [-0.2, 0) is 20.9 Å². The molecule has 1 saturated heterocycles. The first-order chi connectivity index (χ1) is 21.9. The molecule has 1 aliphatic heterocycles. The number of hydrogen-bond acceptors (Lipinski definition) is 8. The third-order valence-corrected chi connectivity index (χ3v) is 9.85. The number of nitrogens with zero attached hydrogens (tertiary/aromatic N) is 2. The Hall–Kier alpha value is -4.15. The number of aliphatic hydroxyl groups is 2. The van der Waals surface area contributed by atoms with Gasteiger partial charge < -0.3 is 20.1 Å². The molecule has 9 heteroatoms. The standard InChI is InChI=1S/C36H36N2O6S/c1-44-21-24-18-28-34(36(43)38(35(28)42)19-25-7-6-16-45-25)29(20-39)33(24)32(41)14-12-23(30-10-4-5-15-37-30)17-22-11-13-31(40)27-9-3-2-8-26(22)27/h2-11,13,15-17,28-29,32,34,39-41H,12,14,18-21H2,1H3/b23-17-/t28-,29+,32-,34-/m1/s1. The Morgan fingerprint density at radius 1 is 1.07 bits per heavy atom. The summed E-state index contributed by atoms with van der Waals surface area (Å²) >= 11 is 1.49. The van der Waals surface area contributed by atoms with E-state index in [1.165, 1.54) is 16.2 Å². The molecule has 3 heterocycles. The highest BCUT2D eigenvalue weighted by Gasteiger charge is 2.54. The third kappa shape index (κ3) is 6.09. The van der Waals surface area contributed by atoms with Gasteiger partial charge in [-0.15, -0.1) is 11.3 Å². The number of ether oxygens (including phenoxy) is 1. The predicted molar refractivity (Wildman–Crippen MR) is 174 cm³/mol. The predicted octanol–water partition coefficient (Wildman–Crippen LogP) is 5.44. The van der Waals surface area contributed by atoms with Crippen molar-refractivity contribution in [3.63, 3.8) is 0 Å². The fourth-order valence-electron chi connectivity index (χ4n) is 6.94. The highest BCUT2D eigenvalue weighted by molar-refractivity contribution is 7.09. The molecular weight excluding hydrogens is 588 g/mol. The number of aromatic nitrogens is 1. The van der Waals surface area contributed by atoms with Crippen LogP contribution in [0.4, 0.5) is 0 Å². The Morgan fingerprint density at radius 2 is 1.87 bits per heavy atom. The molecule has 2 aromatic heterocycles. The topological polar surface area (TPSA) is 120 Å². The summed E-state index contributed by atoms with van der Waals surface area (Å²) in [6, 6.07) is 20.6. The van der Waals surface area contributed by atoms with Gasteiger partial charge in [0.2, 0.25) is 11.8 Å². The summed E-state index contributed by atoms with van der Waals surface area (Å²) in [5.74, 6) is -2.36. The van der Waals surface area contributed by atoms with E-state index in [1.54, 1.807) is 19.4 Å². The summed E-state index contributed by atoms with van der Waals surface area (Å²) in [5.41, 5.74) is 3.92. The van der Waals surface area contributed by atoms with Gasteiger partial charge in [0.25, 0.3) is 0 Å². The zero-order valence-electron chi connectivity index (χ0n) is 25.0. The zero-order chi connectivity index (χ0) is 31.5. The molecule has 6 rings (SSSR count). The monoisotopic (exact) mass is 624 g/mol. The van der Waals surface area contributed by atoms with Crippen molar-refractivity contribution in [2.75, 3.05) is 20.3 Å². The number of amides is 2. The summed E-state index contributed by atoms with van der Waals surface area (Å²) in [6.45, 7) is 0.0398. The lowest BCUT2D eigenvalue weighted by atomic mass is 9.68. The lowest BCUT2D eigenvalue weighted by Gasteiger charge is -2.36. The second-order valence-electron chi connectivity index (χ2n) is 11.6. The van der Waals surface area contributed by atoms with Crippen molar-refractivity contribution < 1.29 is 29.6 Å². The summed E-state index contributed by atoms with van der Waals surface area (Å²) in [7, 11) is 1.56. The number of rotatable bonds is 11. The van der Waals surface area contributed by atoms with Crippen LogP contribution in [0, 0.1) is 17.8 Å². The van der Waals surface area contributed by atoms with Gasteiger partial charge in [-0.3, -0.25) is 19.5 Å². The minimum atomic E-state index is -0.980. The molecule has 1 fully saturated rings. The lowest BCUT2D eigenvalue weighted by Crippen LogP contribution is -2.39. The molecule has 4 atom stereocenters. The molecular formula is C36H36N2O6S. The minimum Gasteiger partial charge on any atom is -0.507 e. The van der Waals surface area contributed by atoms with E-state index in [-0.39, 0.29) is 37.3 Å². The Bertz CT molecular complexity index is 1750. The van der Waals surface area contributed by atoms with Crippen molar-refractivity contribution in [2.24, 2.45) is 17.8 Å². The Morgan fingerprint density at radius 3 is 2.58 bits per heavy atom. The number of thiophene rings is 1. The van der Waals surface area contributed by atoms with E-state index < -0.39 is 23.9 Å². The first-order valence-corrected chi connectivity index (χ1v) is 16.0. The Balaban J connectivity index is 1.31. The number of hydrogen-bond donors (Lipinski definition) is 3. The van der Waals surface area contributed by atoms with Gasteiger partial charge in [-0.05, 0) is 82.7 Å². The third-order valence-electron chi connectivity index (χ3n) is 8.99. The van der Waals surface area contributed by atoms with E-state index >= 15 is 0 Å². The van der Waals surface area contributed by atoms with Crippen LogP contribution in [-0.4, -0.2) is 63.4 Å². The summed E-state index contributed by atoms with van der Waals surface area (Å²) < 4.78 is 5.50. The number of aliphatic hydroxyl groups excluding tert-OH is 2. The van der Waals surface area contributed by atoms with Crippen LogP contribution in [0.3, 0.4) is 0 Å². The van der Waals surface area contributed by atoms with Crippen LogP contribution in [0.5, 0.6) is 5.75 Å². The highest BCUT2D eigenvalue weighted by Crippen LogP contribution is 2.47. The number of phenolic OH excluding ortho intramolecular Hbond substituents is 1. The molecule has 8 nitrogen and oxygen atoms in total. The van der Waals surface area contributed by atoms with E-state index in [1.807, 2.05) is 72.1 Å². The molecule has 0 unspecified atom stereocenters. The summed E-state index contributed by atoms with van der Waals surface area (Å²) in [6.07, 6.45) is 3.82. The number of carbonyl (C=O) groups excluding carboxylic acids is 2. The average molecular weight is 625 g/mol. The summed E-state index contributed by atoms with van der Waals surface area (Å²) in [4.78, 5) is 34.0. The molecule has 45 heavy (non-hydrogen) atoms. The van der Waals surface area contributed by atoms with E-state index in [4.69, 9.17) is 4.74 Å². The Labute approximate surface area is 265 Å². The van der Waals surface area contributed by atoms with Gasteiger partial charge >= 0.3 is 0 Å². The number of benzene rings is 2. The van der Waals surface area contributed by atoms with Gasteiger partial charge in [-0.25, -0.2) is 0 Å². The van der Waals surface area contributed by atoms with Gasteiger partial charge in [0.15, 0.2) is 0 Å². The maximum absolute atomic E-state index is 13.7. The molecule has 1 aliphatic carbocycles. The molecule has 2 amide bonds. The molecule has 2 aliphatic rings. The van der Waals surface area contributed by atoms with Crippen LogP contribution in [0.2, 0.25) is 0 Å². The van der Waals surface area contributed by atoms with Crippen molar-refractivity contribution in [2.45, 2.75) is 31.9 Å². The molecule has 4 aromatic rings. The van der Waals surface area contributed by atoms with Gasteiger partial charge in [-0.1, -0.05) is 42.5 Å².